The molecule has 0 spiro atoms. The lowest BCUT2D eigenvalue weighted by molar-refractivity contribution is 0.0679. The van der Waals surface area contributed by atoms with Gasteiger partial charge in [0.05, 0.1) is 5.56 Å². The van der Waals surface area contributed by atoms with Gasteiger partial charge >= 0.3 is 0 Å². The number of likely N-dealkylation sites (tertiary alicyclic amines) is 1. The Morgan fingerprint density at radius 2 is 2.00 bits per heavy atom. The van der Waals surface area contributed by atoms with E-state index in [9.17, 15) is 9.59 Å². The molecular formula is C15H20N2O3. The van der Waals surface area contributed by atoms with Crippen LogP contribution in [0, 0.1) is 6.92 Å². The lowest BCUT2D eigenvalue weighted by Crippen LogP contribution is -2.42. The van der Waals surface area contributed by atoms with Gasteiger partial charge in [0.2, 0.25) is 0 Å². The number of Topliss-reactive ketones (excluding diaryl/α,β-unsaturated/α-hetero) is 1. The SMILES string of the molecule is Cc1c(C(=O)N2CCC(N)CC2)oc2c1C(=O)CCC2. The lowest BCUT2D eigenvalue weighted by atomic mass is 9.94. The Bertz CT molecular complexity index is 554. The van der Waals surface area contributed by atoms with E-state index in [-0.39, 0.29) is 17.7 Å². The van der Waals surface area contributed by atoms with Crippen LogP contribution in [0.2, 0.25) is 0 Å². The van der Waals surface area contributed by atoms with Crippen molar-refractivity contribution >= 4 is 11.7 Å². The molecule has 5 nitrogen and oxygen atoms in total. The van der Waals surface area contributed by atoms with Crippen LogP contribution in [0.5, 0.6) is 0 Å². The second kappa shape index (κ2) is 5.05. The third-order valence-corrected chi connectivity index (χ3v) is 4.33. The zero-order valence-corrected chi connectivity index (χ0v) is 11.8. The number of nitrogens with zero attached hydrogens (tertiary/aromatic N) is 1. The van der Waals surface area contributed by atoms with Crippen molar-refractivity contribution < 1.29 is 14.0 Å². The highest BCUT2D eigenvalue weighted by molar-refractivity contribution is 6.03. The summed E-state index contributed by atoms with van der Waals surface area (Å²) >= 11 is 0. The fourth-order valence-corrected chi connectivity index (χ4v) is 3.10. The van der Waals surface area contributed by atoms with E-state index in [1.807, 2.05) is 6.92 Å². The summed E-state index contributed by atoms with van der Waals surface area (Å²) in [6.45, 7) is 3.14. The van der Waals surface area contributed by atoms with Gasteiger partial charge in [-0.3, -0.25) is 9.59 Å². The van der Waals surface area contributed by atoms with Gasteiger partial charge in [0.25, 0.3) is 5.91 Å². The number of piperidine rings is 1. The fraction of sp³-hybridized carbons (Fsp3) is 0.600. The number of fused-ring (bicyclic) bond motifs is 1. The summed E-state index contributed by atoms with van der Waals surface area (Å²) in [5, 5.41) is 0. The first-order valence-electron chi connectivity index (χ1n) is 7.28. The van der Waals surface area contributed by atoms with Gasteiger partial charge in [0, 0.05) is 37.5 Å². The molecule has 1 fully saturated rings. The predicted molar refractivity (Wildman–Crippen MR) is 73.8 cm³/mol. The maximum atomic E-state index is 12.5. The highest BCUT2D eigenvalue weighted by Gasteiger charge is 2.31. The Labute approximate surface area is 118 Å². The highest BCUT2D eigenvalue weighted by Crippen LogP contribution is 2.30. The van der Waals surface area contributed by atoms with Crippen molar-refractivity contribution in [1.29, 1.82) is 0 Å². The normalized spacial score (nSPS) is 20.1. The Morgan fingerprint density at radius 3 is 2.65 bits per heavy atom. The van der Waals surface area contributed by atoms with Crippen LogP contribution in [0.1, 0.15) is 57.9 Å². The number of carbonyl (C=O) groups excluding carboxylic acids is 2. The summed E-state index contributed by atoms with van der Waals surface area (Å²) in [6.07, 6.45) is 3.76. The van der Waals surface area contributed by atoms with Crippen LogP contribution in [0.3, 0.4) is 0 Å². The van der Waals surface area contributed by atoms with Crippen LogP contribution in [0.25, 0.3) is 0 Å². The lowest BCUT2D eigenvalue weighted by Gasteiger charge is -2.29. The quantitative estimate of drug-likeness (QED) is 0.846. The van der Waals surface area contributed by atoms with Gasteiger partial charge in [-0.15, -0.1) is 0 Å². The van der Waals surface area contributed by atoms with E-state index in [0.717, 1.165) is 25.7 Å². The number of rotatable bonds is 1. The molecule has 5 heteroatoms. The van der Waals surface area contributed by atoms with Crippen molar-refractivity contribution in [2.24, 2.45) is 5.73 Å². The molecule has 108 valence electrons. The molecule has 1 aromatic rings. The largest absolute Gasteiger partial charge is 0.455 e. The number of furan rings is 1. The summed E-state index contributed by atoms with van der Waals surface area (Å²) < 4.78 is 5.71. The maximum absolute atomic E-state index is 12.5. The minimum Gasteiger partial charge on any atom is -0.455 e. The first-order chi connectivity index (χ1) is 9.58. The van der Waals surface area contributed by atoms with Crippen LogP contribution >= 0.6 is 0 Å². The average Bonchev–Trinajstić information content (AvgIpc) is 2.77. The molecule has 2 aliphatic rings. The molecule has 20 heavy (non-hydrogen) atoms. The van der Waals surface area contributed by atoms with E-state index in [1.165, 1.54) is 0 Å². The number of hydrogen-bond acceptors (Lipinski definition) is 4. The number of hydrogen-bond donors (Lipinski definition) is 1. The van der Waals surface area contributed by atoms with Crippen LogP contribution in [0.4, 0.5) is 0 Å². The van der Waals surface area contributed by atoms with Gasteiger partial charge in [-0.2, -0.15) is 0 Å². The molecule has 2 N–H and O–H groups in total. The first-order valence-corrected chi connectivity index (χ1v) is 7.28. The average molecular weight is 276 g/mol. The van der Waals surface area contributed by atoms with E-state index < -0.39 is 0 Å². The molecular weight excluding hydrogens is 256 g/mol. The molecule has 0 radical (unpaired) electrons. The number of aryl methyl sites for hydroxylation is 1. The monoisotopic (exact) mass is 276 g/mol. The molecule has 3 rings (SSSR count). The third-order valence-electron chi connectivity index (χ3n) is 4.33. The molecule has 0 atom stereocenters. The molecule has 1 saturated heterocycles. The predicted octanol–water partition coefficient (Wildman–Crippen LogP) is 1.67. The molecule has 0 aromatic carbocycles. The minimum absolute atomic E-state index is 0.100. The van der Waals surface area contributed by atoms with E-state index in [4.69, 9.17) is 10.2 Å². The van der Waals surface area contributed by atoms with Crippen LogP contribution in [-0.2, 0) is 6.42 Å². The van der Waals surface area contributed by atoms with E-state index in [1.54, 1.807) is 4.90 Å². The Morgan fingerprint density at radius 1 is 1.30 bits per heavy atom. The minimum atomic E-state index is -0.100. The van der Waals surface area contributed by atoms with E-state index in [2.05, 4.69) is 0 Å². The molecule has 1 aromatic heterocycles. The smallest absolute Gasteiger partial charge is 0.289 e. The molecule has 1 aliphatic heterocycles. The van der Waals surface area contributed by atoms with Crippen molar-refractivity contribution in [2.45, 2.75) is 45.1 Å². The second-order valence-electron chi connectivity index (χ2n) is 5.76. The van der Waals surface area contributed by atoms with Gasteiger partial charge in [0.15, 0.2) is 11.5 Å². The summed E-state index contributed by atoms with van der Waals surface area (Å²) in [4.78, 5) is 26.3. The molecule has 1 amide bonds. The molecule has 2 heterocycles. The first kappa shape index (κ1) is 13.4. The zero-order chi connectivity index (χ0) is 14.3. The molecule has 1 aliphatic carbocycles. The van der Waals surface area contributed by atoms with Gasteiger partial charge in [-0.1, -0.05) is 0 Å². The summed E-state index contributed by atoms with van der Waals surface area (Å²) in [7, 11) is 0. The zero-order valence-electron chi connectivity index (χ0n) is 11.8. The van der Waals surface area contributed by atoms with Crippen LogP contribution in [-0.4, -0.2) is 35.7 Å². The number of ketones is 1. The molecule has 0 unspecified atom stereocenters. The number of amides is 1. The van der Waals surface area contributed by atoms with E-state index in [0.29, 0.717) is 42.2 Å². The summed E-state index contributed by atoms with van der Waals surface area (Å²) in [5.41, 5.74) is 7.22. The Hall–Kier alpha value is -1.62. The van der Waals surface area contributed by atoms with Crippen molar-refractivity contribution in [3.63, 3.8) is 0 Å². The standard InChI is InChI=1S/C15H20N2O3/c1-9-13-11(18)3-2-4-12(13)20-14(9)15(19)17-7-5-10(16)6-8-17/h10H,2-8,16H2,1H3. The van der Waals surface area contributed by atoms with E-state index >= 15 is 0 Å². The van der Waals surface area contributed by atoms with Gasteiger partial charge in [-0.05, 0) is 26.2 Å². The fourth-order valence-electron chi connectivity index (χ4n) is 3.10. The van der Waals surface area contributed by atoms with Crippen molar-refractivity contribution in [3.8, 4) is 0 Å². The number of carbonyl (C=O) groups is 2. The Balaban J connectivity index is 1.87. The van der Waals surface area contributed by atoms with Crippen LogP contribution < -0.4 is 5.73 Å². The van der Waals surface area contributed by atoms with Gasteiger partial charge < -0.3 is 15.1 Å². The molecule has 0 saturated carbocycles. The Kier molecular flexibility index (Phi) is 3.38. The van der Waals surface area contributed by atoms with Crippen molar-refractivity contribution in [2.75, 3.05) is 13.1 Å². The highest BCUT2D eigenvalue weighted by atomic mass is 16.4. The van der Waals surface area contributed by atoms with Crippen molar-refractivity contribution in [3.05, 3.63) is 22.6 Å². The maximum Gasteiger partial charge on any atom is 0.289 e. The second-order valence-corrected chi connectivity index (χ2v) is 5.76. The molecule has 0 bridgehead atoms. The topological polar surface area (TPSA) is 76.5 Å². The summed E-state index contributed by atoms with van der Waals surface area (Å²) in [6, 6.07) is 0.187. The van der Waals surface area contributed by atoms with Crippen molar-refractivity contribution in [1.82, 2.24) is 4.90 Å². The third kappa shape index (κ3) is 2.16. The van der Waals surface area contributed by atoms with Gasteiger partial charge in [-0.25, -0.2) is 0 Å². The summed E-state index contributed by atoms with van der Waals surface area (Å²) in [5.74, 6) is 1.04. The van der Waals surface area contributed by atoms with Crippen LogP contribution in [0.15, 0.2) is 4.42 Å². The number of nitrogens with two attached hydrogens (primary N) is 1. The van der Waals surface area contributed by atoms with Gasteiger partial charge in [0.1, 0.15) is 5.76 Å².